The second-order valence-electron chi connectivity index (χ2n) is 6.02. The molecule has 0 spiro atoms. The lowest BCUT2D eigenvalue weighted by molar-refractivity contribution is 0.161. The highest BCUT2D eigenvalue weighted by Gasteiger charge is 2.29. The predicted molar refractivity (Wildman–Crippen MR) is 78.8 cm³/mol. The van der Waals surface area contributed by atoms with Crippen LogP contribution in [0.5, 0.6) is 0 Å². The van der Waals surface area contributed by atoms with E-state index in [1.54, 1.807) is 0 Å². The number of nitrogens with zero attached hydrogens (tertiary/aromatic N) is 3. The number of fused-ring (bicyclic) bond motifs is 1. The summed E-state index contributed by atoms with van der Waals surface area (Å²) in [6.07, 6.45) is 3.48. The summed E-state index contributed by atoms with van der Waals surface area (Å²) in [7, 11) is 0. The summed E-state index contributed by atoms with van der Waals surface area (Å²) < 4.78 is 2.05. The molecule has 7 nitrogen and oxygen atoms in total. The van der Waals surface area contributed by atoms with Gasteiger partial charge in [-0.3, -0.25) is 0 Å². The number of rotatable bonds is 5. The molecule has 7 heteroatoms. The van der Waals surface area contributed by atoms with Crippen molar-refractivity contribution < 1.29 is 9.90 Å². The van der Waals surface area contributed by atoms with Crippen LogP contribution in [0.25, 0.3) is 0 Å². The van der Waals surface area contributed by atoms with Crippen molar-refractivity contribution >= 4 is 6.03 Å². The molecule has 2 rings (SSSR count). The van der Waals surface area contributed by atoms with Gasteiger partial charge < -0.3 is 20.3 Å². The number of hydrogen-bond acceptors (Lipinski definition) is 4. The third-order valence-corrected chi connectivity index (χ3v) is 4.02. The maximum Gasteiger partial charge on any atom is 0.315 e. The van der Waals surface area contributed by atoms with Crippen LogP contribution in [0.3, 0.4) is 0 Å². The lowest BCUT2D eigenvalue weighted by Gasteiger charge is -2.30. The Bertz CT molecular complexity index is 502. The van der Waals surface area contributed by atoms with E-state index in [2.05, 4.69) is 20.8 Å². The van der Waals surface area contributed by atoms with Gasteiger partial charge in [-0.1, -0.05) is 13.3 Å². The van der Waals surface area contributed by atoms with Gasteiger partial charge in [0.15, 0.2) is 5.82 Å². The van der Waals surface area contributed by atoms with Crippen molar-refractivity contribution in [3.8, 4) is 0 Å². The van der Waals surface area contributed by atoms with E-state index in [9.17, 15) is 9.90 Å². The molecule has 2 atom stereocenters. The molecule has 0 bridgehead atoms. The van der Waals surface area contributed by atoms with Gasteiger partial charge in [-0.15, -0.1) is 10.2 Å². The maximum atomic E-state index is 12.2. The zero-order valence-corrected chi connectivity index (χ0v) is 13.0. The maximum absolute atomic E-state index is 12.2. The average molecular weight is 295 g/mol. The summed E-state index contributed by atoms with van der Waals surface area (Å²) >= 11 is 0. The van der Waals surface area contributed by atoms with Crippen molar-refractivity contribution in [3.63, 3.8) is 0 Å². The molecule has 0 saturated carbocycles. The van der Waals surface area contributed by atoms with Crippen molar-refractivity contribution in [2.75, 3.05) is 6.61 Å². The van der Waals surface area contributed by atoms with Gasteiger partial charge in [0.1, 0.15) is 5.82 Å². The highest BCUT2D eigenvalue weighted by atomic mass is 16.3. The van der Waals surface area contributed by atoms with Crippen LogP contribution in [0.15, 0.2) is 0 Å². The second kappa shape index (κ2) is 6.43. The molecule has 0 aromatic carbocycles. The van der Waals surface area contributed by atoms with E-state index in [0.717, 1.165) is 43.9 Å². The summed E-state index contributed by atoms with van der Waals surface area (Å²) in [6.45, 7) is 6.62. The minimum Gasteiger partial charge on any atom is -0.394 e. The van der Waals surface area contributed by atoms with E-state index < -0.39 is 5.54 Å². The smallest absolute Gasteiger partial charge is 0.315 e. The molecule has 2 heterocycles. The van der Waals surface area contributed by atoms with Crippen molar-refractivity contribution in [1.29, 1.82) is 0 Å². The number of urea groups is 1. The Labute approximate surface area is 125 Å². The number of nitrogens with one attached hydrogen (secondary N) is 2. The quantitative estimate of drug-likeness (QED) is 0.763. The number of carbonyl (C=O) groups is 1. The molecule has 0 aliphatic carbocycles. The Balaban J connectivity index is 2.01. The molecular formula is C14H25N5O2. The van der Waals surface area contributed by atoms with Crippen LogP contribution in [-0.4, -0.2) is 38.0 Å². The second-order valence-corrected chi connectivity index (χ2v) is 6.02. The molecule has 0 saturated heterocycles. The van der Waals surface area contributed by atoms with Crippen molar-refractivity contribution in [3.05, 3.63) is 11.6 Å². The van der Waals surface area contributed by atoms with Crippen LogP contribution in [0, 0.1) is 6.92 Å². The lowest BCUT2D eigenvalue weighted by atomic mass is 9.97. The Morgan fingerprint density at radius 3 is 2.95 bits per heavy atom. The molecule has 1 aromatic rings. The molecule has 1 aromatic heterocycles. The van der Waals surface area contributed by atoms with E-state index in [1.807, 2.05) is 25.3 Å². The zero-order chi connectivity index (χ0) is 15.5. The Morgan fingerprint density at radius 2 is 2.29 bits per heavy atom. The Hall–Kier alpha value is -1.63. The first-order chi connectivity index (χ1) is 9.99. The fourth-order valence-corrected chi connectivity index (χ4v) is 2.85. The monoisotopic (exact) mass is 295 g/mol. The molecule has 0 radical (unpaired) electrons. The molecule has 1 aliphatic rings. The van der Waals surface area contributed by atoms with Gasteiger partial charge in [0.2, 0.25) is 0 Å². The van der Waals surface area contributed by atoms with Crippen molar-refractivity contribution in [2.45, 2.75) is 64.6 Å². The number of aliphatic hydroxyl groups is 1. The number of aryl methyl sites for hydroxylation is 1. The number of carbonyl (C=O) groups excluding carboxylic acids is 1. The van der Waals surface area contributed by atoms with Gasteiger partial charge in [-0.2, -0.15) is 0 Å². The Morgan fingerprint density at radius 1 is 1.52 bits per heavy atom. The topological polar surface area (TPSA) is 92.1 Å². The SMILES string of the molecule is CCCC(C)(CO)NC(=O)NC1CCCn2c(C)nnc21. The first-order valence-electron chi connectivity index (χ1n) is 7.58. The molecule has 3 N–H and O–H groups in total. The van der Waals surface area contributed by atoms with E-state index in [4.69, 9.17) is 0 Å². The van der Waals surface area contributed by atoms with Crippen LogP contribution in [0.2, 0.25) is 0 Å². The molecule has 21 heavy (non-hydrogen) atoms. The van der Waals surface area contributed by atoms with Crippen LogP contribution in [-0.2, 0) is 6.54 Å². The standard InChI is InChI=1S/C14H25N5O2/c1-4-7-14(3,9-20)16-13(21)15-11-6-5-8-19-10(2)17-18-12(11)19/h11,20H,4-9H2,1-3H3,(H2,15,16,21). The number of hydrogen-bond donors (Lipinski definition) is 3. The van der Waals surface area contributed by atoms with Crippen LogP contribution >= 0.6 is 0 Å². The molecule has 2 unspecified atom stereocenters. The largest absolute Gasteiger partial charge is 0.394 e. The van der Waals surface area contributed by atoms with Crippen molar-refractivity contribution in [2.24, 2.45) is 0 Å². The summed E-state index contributed by atoms with van der Waals surface area (Å²) in [5, 5.41) is 23.5. The average Bonchev–Trinajstić information content (AvgIpc) is 2.82. The predicted octanol–water partition coefficient (Wildman–Crippen LogP) is 1.27. The normalized spacial score (nSPS) is 20.5. The first-order valence-corrected chi connectivity index (χ1v) is 7.58. The third-order valence-electron chi connectivity index (χ3n) is 4.02. The molecule has 0 fully saturated rings. The molecule has 1 aliphatic heterocycles. The first kappa shape index (κ1) is 15.8. The van der Waals surface area contributed by atoms with E-state index in [0.29, 0.717) is 0 Å². The van der Waals surface area contributed by atoms with Crippen LogP contribution in [0.1, 0.15) is 57.2 Å². The van der Waals surface area contributed by atoms with Gasteiger partial charge in [0, 0.05) is 6.54 Å². The fraction of sp³-hybridized carbons (Fsp3) is 0.786. The van der Waals surface area contributed by atoms with E-state index in [1.165, 1.54) is 0 Å². The highest BCUT2D eigenvalue weighted by molar-refractivity contribution is 5.75. The highest BCUT2D eigenvalue weighted by Crippen LogP contribution is 2.24. The summed E-state index contributed by atoms with van der Waals surface area (Å²) in [6, 6.07) is -0.386. The van der Waals surface area contributed by atoms with Gasteiger partial charge in [0.05, 0.1) is 18.2 Å². The van der Waals surface area contributed by atoms with Gasteiger partial charge in [0.25, 0.3) is 0 Å². The van der Waals surface area contributed by atoms with Crippen LogP contribution in [0.4, 0.5) is 4.79 Å². The lowest BCUT2D eigenvalue weighted by Crippen LogP contribution is -2.53. The van der Waals surface area contributed by atoms with Gasteiger partial charge in [-0.05, 0) is 33.1 Å². The van der Waals surface area contributed by atoms with Crippen molar-refractivity contribution in [1.82, 2.24) is 25.4 Å². The zero-order valence-electron chi connectivity index (χ0n) is 13.0. The van der Waals surface area contributed by atoms with Gasteiger partial charge >= 0.3 is 6.03 Å². The Kier molecular flexibility index (Phi) is 4.82. The van der Waals surface area contributed by atoms with E-state index in [-0.39, 0.29) is 18.7 Å². The van der Waals surface area contributed by atoms with Crippen LogP contribution < -0.4 is 10.6 Å². The summed E-state index contributed by atoms with van der Waals surface area (Å²) in [5.41, 5.74) is -0.586. The number of amides is 2. The van der Waals surface area contributed by atoms with Gasteiger partial charge in [-0.25, -0.2) is 4.79 Å². The number of aromatic nitrogens is 3. The minimum absolute atomic E-state index is 0.0752. The summed E-state index contributed by atoms with van der Waals surface area (Å²) in [4.78, 5) is 12.2. The molecule has 118 valence electrons. The van der Waals surface area contributed by atoms with E-state index >= 15 is 0 Å². The third kappa shape index (κ3) is 3.53. The molecule has 2 amide bonds. The summed E-state index contributed by atoms with van der Waals surface area (Å²) in [5.74, 6) is 1.69. The number of aliphatic hydroxyl groups excluding tert-OH is 1. The molecular weight excluding hydrogens is 270 g/mol. The minimum atomic E-state index is -0.586. The fourth-order valence-electron chi connectivity index (χ4n) is 2.85.